The van der Waals surface area contributed by atoms with Crippen LogP contribution in [0.5, 0.6) is 0 Å². The molecule has 0 aromatic heterocycles. The summed E-state index contributed by atoms with van der Waals surface area (Å²) < 4.78 is 74.8. The maximum atomic E-state index is 12.9. The van der Waals surface area contributed by atoms with Gasteiger partial charge in [0.2, 0.25) is 0 Å². The van der Waals surface area contributed by atoms with Crippen LogP contribution in [0.3, 0.4) is 0 Å². The highest BCUT2D eigenvalue weighted by atomic mass is 19.4. The third kappa shape index (κ3) is 2.51. The van der Waals surface area contributed by atoms with E-state index < -0.39 is 35.0 Å². The van der Waals surface area contributed by atoms with Crippen LogP contribution >= 0.6 is 0 Å². The van der Waals surface area contributed by atoms with Gasteiger partial charge in [0.25, 0.3) is 0 Å². The lowest BCUT2D eigenvalue weighted by Gasteiger charge is -2.13. The standard InChI is InChI=1S/C9H4F6O2/c10-6-3-4(8(11,12)7(16)17)1-2-5(6)9(13,14)15/h1-3H,(H,16,17). The molecule has 0 heterocycles. The molecular weight excluding hydrogens is 254 g/mol. The van der Waals surface area contributed by atoms with Crippen LogP contribution in [-0.2, 0) is 16.9 Å². The molecule has 0 aliphatic heterocycles. The number of carboxylic acids is 1. The maximum Gasteiger partial charge on any atom is 0.419 e. The molecule has 0 saturated heterocycles. The van der Waals surface area contributed by atoms with Gasteiger partial charge in [-0.2, -0.15) is 22.0 Å². The monoisotopic (exact) mass is 258 g/mol. The predicted octanol–water partition coefficient (Wildman–Crippen LogP) is 3.02. The van der Waals surface area contributed by atoms with Crippen LogP contribution < -0.4 is 0 Å². The summed E-state index contributed by atoms with van der Waals surface area (Å²) in [5.41, 5.74) is -3.09. The van der Waals surface area contributed by atoms with Crippen LogP contribution in [-0.4, -0.2) is 11.1 Å². The molecule has 94 valence electrons. The number of aliphatic carboxylic acids is 1. The van der Waals surface area contributed by atoms with Crippen molar-refractivity contribution in [3.63, 3.8) is 0 Å². The average molecular weight is 258 g/mol. The molecule has 0 fully saturated rings. The second-order valence-corrected chi connectivity index (χ2v) is 3.07. The molecule has 0 radical (unpaired) electrons. The SMILES string of the molecule is O=C(O)C(F)(F)c1ccc(C(F)(F)F)c(F)c1. The first-order valence-electron chi connectivity index (χ1n) is 4.05. The van der Waals surface area contributed by atoms with E-state index in [1.807, 2.05) is 0 Å². The summed E-state index contributed by atoms with van der Waals surface area (Å²) in [5, 5.41) is 8.12. The smallest absolute Gasteiger partial charge is 0.419 e. The first-order chi connectivity index (χ1) is 7.56. The Morgan fingerprint density at radius 1 is 1.12 bits per heavy atom. The van der Waals surface area contributed by atoms with Crippen molar-refractivity contribution in [3.8, 4) is 0 Å². The number of halogens is 6. The van der Waals surface area contributed by atoms with Gasteiger partial charge in [0.1, 0.15) is 5.82 Å². The predicted molar refractivity (Wildman–Crippen MR) is 42.9 cm³/mol. The van der Waals surface area contributed by atoms with Crippen molar-refractivity contribution in [2.24, 2.45) is 0 Å². The van der Waals surface area contributed by atoms with E-state index in [1.54, 1.807) is 0 Å². The minimum absolute atomic E-state index is 0.0709. The van der Waals surface area contributed by atoms with Gasteiger partial charge in [-0.15, -0.1) is 0 Å². The van der Waals surface area contributed by atoms with Crippen molar-refractivity contribution in [1.82, 2.24) is 0 Å². The Morgan fingerprint density at radius 2 is 1.65 bits per heavy atom. The van der Waals surface area contributed by atoms with E-state index in [-0.39, 0.29) is 18.2 Å². The van der Waals surface area contributed by atoms with Gasteiger partial charge < -0.3 is 5.11 Å². The number of rotatable bonds is 2. The van der Waals surface area contributed by atoms with Gasteiger partial charge in [-0.25, -0.2) is 9.18 Å². The molecule has 1 N–H and O–H groups in total. The quantitative estimate of drug-likeness (QED) is 0.828. The van der Waals surface area contributed by atoms with E-state index in [1.165, 1.54) is 0 Å². The molecule has 0 amide bonds. The fourth-order valence-corrected chi connectivity index (χ4v) is 1.06. The van der Waals surface area contributed by atoms with E-state index in [2.05, 4.69) is 0 Å². The van der Waals surface area contributed by atoms with E-state index in [4.69, 9.17) is 5.11 Å². The zero-order valence-electron chi connectivity index (χ0n) is 7.86. The molecule has 0 atom stereocenters. The van der Waals surface area contributed by atoms with Crippen LogP contribution in [0, 0.1) is 5.82 Å². The van der Waals surface area contributed by atoms with Crippen molar-refractivity contribution >= 4 is 5.97 Å². The molecule has 2 nitrogen and oxygen atoms in total. The summed E-state index contributed by atoms with van der Waals surface area (Å²) in [6.45, 7) is 0. The average Bonchev–Trinajstić information content (AvgIpc) is 2.15. The molecule has 1 rings (SSSR count). The molecule has 0 bridgehead atoms. The Kier molecular flexibility index (Phi) is 3.09. The Bertz CT molecular complexity index is 451. The molecule has 1 aromatic rings. The number of hydrogen-bond acceptors (Lipinski definition) is 1. The minimum Gasteiger partial charge on any atom is -0.477 e. The Morgan fingerprint density at radius 3 is 2.00 bits per heavy atom. The van der Waals surface area contributed by atoms with Crippen molar-refractivity contribution in [2.45, 2.75) is 12.1 Å². The molecule has 0 saturated carbocycles. The molecule has 8 heteroatoms. The third-order valence-corrected chi connectivity index (χ3v) is 1.91. The van der Waals surface area contributed by atoms with Crippen LogP contribution in [0.1, 0.15) is 11.1 Å². The number of benzene rings is 1. The summed E-state index contributed by atoms with van der Waals surface area (Å²) in [4.78, 5) is 10.1. The van der Waals surface area contributed by atoms with Crippen LogP contribution in [0.4, 0.5) is 26.3 Å². The number of hydrogen-bond donors (Lipinski definition) is 1. The zero-order valence-corrected chi connectivity index (χ0v) is 7.86. The van der Waals surface area contributed by atoms with E-state index in [0.717, 1.165) is 0 Å². The van der Waals surface area contributed by atoms with Gasteiger partial charge in [0.05, 0.1) is 5.56 Å². The Balaban J connectivity index is 3.27. The second kappa shape index (κ2) is 3.94. The Labute approximate surface area is 90.5 Å². The zero-order chi connectivity index (χ0) is 13.4. The lowest BCUT2D eigenvalue weighted by atomic mass is 10.1. The molecule has 0 spiro atoms. The van der Waals surface area contributed by atoms with Crippen molar-refractivity contribution in [1.29, 1.82) is 0 Å². The molecule has 0 aliphatic carbocycles. The molecule has 17 heavy (non-hydrogen) atoms. The van der Waals surface area contributed by atoms with Crippen LogP contribution in [0.15, 0.2) is 18.2 Å². The fourth-order valence-electron chi connectivity index (χ4n) is 1.06. The van der Waals surface area contributed by atoms with Gasteiger partial charge in [-0.05, 0) is 12.1 Å². The molecule has 0 aliphatic rings. The van der Waals surface area contributed by atoms with Gasteiger partial charge >= 0.3 is 18.1 Å². The number of carbonyl (C=O) groups is 1. The number of carboxylic acid groups (broad SMARTS) is 1. The summed E-state index contributed by atoms with van der Waals surface area (Å²) in [5.74, 6) is -8.96. The van der Waals surface area contributed by atoms with E-state index in [0.29, 0.717) is 0 Å². The Hall–Kier alpha value is -1.73. The molecular formula is C9H4F6O2. The van der Waals surface area contributed by atoms with Crippen molar-refractivity contribution < 1.29 is 36.2 Å². The highest BCUT2D eigenvalue weighted by Gasteiger charge is 2.43. The van der Waals surface area contributed by atoms with Crippen molar-refractivity contribution in [3.05, 3.63) is 35.1 Å². The van der Waals surface area contributed by atoms with Crippen LogP contribution in [0.2, 0.25) is 0 Å². The summed E-state index contributed by atoms with van der Waals surface area (Å²) in [7, 11) is 0. The minimum atomic E-state index is -5.03. The van der Waals surface area contributed by atoms with Crippen molar-refractivity contribution in [2.75, 3.05) is 0 Å². The summed E-state index contributed by atoms with van der Waals surface area (Å²) in [6, 6.07) is 0.151. The maximum absolute atomic E-state index is 12.9. The molecule has 0 unspecified atom stereocenters. The van der Waals surface area contributed by atoms with Crippen LogP contribution in [0.25, 0.3) is 0 Å². The highest BCUT2D eigenvalue weighted by Crippen LogP contribution is 2.35. The first kappa shape index (κ1) is 13.3. The van der Waals surface area contributed by atoms with Gasteiger partial charge in [0.15, 0.2) is 0 Å². The van der Waals surface area contributed by atoms with Gasteiger partial charge in [-0.3, -0.25) is 0 Å². The highest BCUT2D eigenvalue weighted by molar-refractivity contribution is 5.77. The largest absolute Gasteiger partial charge is 0.477 e. The lowest BCUT2D eigenvalue weighted by Crippen LogP contribution is -2.25. The summed E-state index contributed by atoms with van der Waals surface area (Å²) >= 11 is 0. The molecule has 1 aromatic carbocycles. The van der Waals surface area contributed by atoms with E-state index >= 15 is 0 Å². The normalized spacial score (nSPS) is 12.6. The second-order valence-electron chi connectivity index (χ2n) is 3.07. The van der Waals surface area contributed by atoms with Gasteiger partial charge in [0, 0.05) is 5.56 Å². The topological polar surface area (TPSA) is 37.3 Å². The third-order valence-electron chi connectivity index (χ3n) is 1.91. The van der Waals surface area contributed by atoms with Gasteiger partial charge in [-0.1, -0.05) is 6.07 Å². The number of alkyl halides is 5. The fraction of sp³-hybridized carbons (Fsp3) is 0.222. The lowest BCUT2D eigenvalue weighted by molar-refractivity contribution is -0.166. The summed E-state index contributed by atoms with van der Waals surface area (Å²) in [6.07, 6.45) is -5.03. The first-order valence-corrected chi connectivity index (χ1v) is 4.05. The van der Waals surface area contributed by atoms with E-state index in [9.17, 15) is 31.1 Å².